The van der Waals surface area contributed by atoms with Gasteiger partial charge in [-0.3, -0.25) is 14.3 Å². The molecular formula is C15H15BrN4O2. The fourth-order valence-corrected chi connectivity index (χ4v) is 2.33. The molecule has 3 rings (SSSR count). The largest absolute Gasteiger partial charge is 0.349 e. The number of nitrogens with zero attached hydrogens (tertiary/aromatic N) is 2. The molecule has 22 heavy (non-hydrogen) atoms. The molecule has 1 fully saturated rings. The molecule has 0 atom stereocenters. The van der Waals surface area contributed by atoms with Gasteiger partial charge in [0, 0.05) is 23.5 Å². The third kappa shape index (κ3) is 3.94. The van der Waals surface area contributed by atoms with E-state index in [9.17, 15) is 9.59 Å². The molecule has 1 aliphatic carbocycles. The van der Waals surface area contributed by atoms with Crippen LogP contribution in [0.2, 0.25) is 0 Å². The van der Waals surface area contributed by atoms with Crippen molar-refractivity contribution < 1.29 is 9.59 Å². The van der Waals surface area contributed by atoms with Crippen molar-refractivity contribution in [2.75, 3.05) is 5.32 Å². The van der Waals surface area contributed by atoms with Crippen LogP contribution in [0.4, 0.5) is 5.69 Å². The van der Waals surface area contributed by atoms with Gasteiger partial charge in [0.1, 0.15) is 6.54 Å². The van der Waals surface area contributed by atoms with E-state index in [1.165, 1.54) is 4.68 Å². The molecule has 2 N–H and O–H groups in total. The predicted molar refractivity (Wildman–Crippen MR) is 85.5 cm³/mol. The molecule has 0 radical (unpaired) electrons. The summed E-state index contributed by atoms with van der Waals surface area (Å²) in [7, 11) is 0. The third-order valence-electron chi connectivity index (χ3n) is 3.23. The summed E-state index contributed by atoms with van der Waals surface area (Å²) in [5, 5.41) is 9.72. The number of carbonyl (C=O) groups is 2. The molecule has 1 heterocycles. The number of hydrogen-bond donors (Lipinski definition) is 2. The molecule has 0 spiro atoms. The maximum absolute atomic E-state index is 12.0. The lowest BCUT2D eigenvalue weighted by Gasteiger charge is -2.08. The van der Waals surface area contributed by atoms with Crippen LogP contribution in [0, 0.1) is 0 Å². The Morgan fingerprint density at radius 3 is 2.86 bits per heavy atom. The van der Waals surface area contributed by atoms with E-state index < -0.39 is 0 Å². The van der Waals surface area contributed by atoms with E-state index in [-0.39, 0.29) is 18.4 Å². The monoisotopic (exact) mass is 362 g/mol. The van der Waals surface area contributed by atoms with E-state index in [1.807, 2.05) is 0 Å². The number of rotatable bonds is 5. The summed E-state index contributed by atoms with van der Waals surface area (Å²) < 4.78 is 2.35. The van der Waals surface area contributed by atoms with Crippen LogP contribution in [0.25, 0.3) is 0 Å². The van der Waals surface area contributed by atoms with Gasteiger partial charge in [0.15, 0.2) is 0 Å². The molecule has 0 unspecified atom stereocenters. The van der Waals surface area contributed by atoms with E-state index in [0.29, 0.717) is 17.3 Å². The van der Waals surface area contributed by atoms with Gasteiger partial charge in [0.25, 0.3) is 5.91 Å². The van der Waals surface area contributed by atoms with Crippen molar-refractivity contribution in [1.82, 2.24) is 15.1 Å². The molecule has 0 saturated heterocycles. The molecule has 6 nitrogen and oxygen atoms in total. The minimum atomic E-state index is -0.199. The zero-order chi connectivity index (χ0) is 15.5. The highest BCUT2D eigenvalue weighted by Gasteiger charge is 2.23. The van der Waals surface area contributed by atoms with Crippen LogP contribution in [-0.2, 0) is 11.3 Å². The first-order valence-corrected chi connectivity index (χ1v) is 7.78. The van der Waals surface area contributed by atoms with Crippen LogP contribution in [0.5, 0.6) is 0 Å². The molecule has 1 saturated carbocycles. The van der Waals surface area contributed by atoms with Gasteiger partial charge >= 0.3 is 0 Å². The SMILES string of the molecule is O=C(Cn1cc(Br)cn1)Nc1cccc(C(=O)NC2CC2)c1. The Hall–Kier alpha value is -2.15. The average Bonchev–Trinajstić information content (AvgIpc) is 3.20. The van der Waals surface area contributed by atoms with Gasteiger partial charge in [-0.25, -0.2) is 0 Å². The molecule has 0 bridgehead atoms. The molecule has 7 heteroatoms. The van der Waals surface area contributed by atoms with Crippen LogP contribution in [0.15, 0.2) is 41.1 Å². The van der Waals surface area contributed by atoms with Crippen LogP contribution < -0.4 is 10.6 Å². The Balaban J connectivity index is 1.61. The van der Waals surface area contributed by atoms with Crippen LogP contribution in [-0.4, -0.2) is 27.6 Å². The van der Waals surface area contributed by atoms with Gasteiger partial charge in [0.05, 0.1) is 10.7 Å². The summed E-state index contributed by atoms with van der Waals surface area (Å²) in [4.78, 5) is 24.0. The lowest BCUT2D eigenvalue weighted by Crippen LogP contribution is -2.25. The van der Waals surface area contributed by atoms with Gasteiger partial charge < -0.3 is 10.6 Å². The molecule has 1 aromatic carbocycles. The predicted octanol–water partition coefficient (Wildman–Crippen LogP) is 2.18. The summed E-state index contributed by atoms with van der Waals surface area (Å²) in [6.07, 6.45) is 5.43. The van der Waals surface area contributed by atoms with E-state index in [2.05, 4.69) is 31.7 Å². The number of benzene rings is 1. The highest BCUT2D eigenvalue weighted by atomic mass is 79.9. The molecular weight excluding hydrogens is 348 g/mol. The Morgan fingerprint density at radius 1 is 1.36 bits per heavy atom. The first kappa shape index (κ1) is 14.8. The summed E-state index contributed by atoms with van der Waals surface area (Å²) in [5.74, 6) is -0.301. The number of halogens is 1. The van der Waals surface area contributed by atoms with E-state index in [1.54, 1.807) is 36.7 Å². The van der Waals surface area contributed by atoms with E-state index in [0.717, 1.165) is 17.3 Å². The van der Waals surface area contributed by atoms with Crippen molar-refractivity contribution in [1.29, 1.82) is 0 Å². The van der Waals surface area contributed by atoms with Crippen molar-refractivity contribution >= 4 is 33.4 Å². The normalized spacial score (nSPS) is 13.7. The second kappa shape index (κ2) is 6.31. The zero-order valence-electron chi connectivity index (χ0n) is 11.8. The minimum absolute atomic E-state index is 0.102. The molecule has 1 aliphatic rings. The lowest BCUT2D eigenvalue weighted by molar-refractivity contribution is -0.116. The standard InChI is InChI=1S/C15H15BrN4O2/c16-11-7-17-20(8-11)9-14(21)18-13-3-1-2-10(6-13)15(22)19-12-4-5-12/h1-3,6-8,12H,4-5,9H2,(H,18,21)(H,19,22). The maximum atomic E-state index is 12.0. The zero-order valence-corrected chi connectivity index (χ0v) is 13.3. The summed E-state index contributed by atoms with van der Waals surface area (Å²) >= 11 is 3.28. The van der Waals surface area contributed by atoms with Crippen molar-refractivity contribution in [2.24, 2.45) is 0 Å². The van der Waals surface area contributed by atoms with E-state index in [4.69, 9.17) is 0 Å². The van der Waals surface area contributed by atoms with Crippen molar-refractivity contribution in [2.45, 2.75) is 25.4 Å². The van der Waals surface area contributed by atoms with Gasteiger partial charge in [-0.1, -0.05) is 6.07 Å². The average molecular weight is 363 g/mol. The van der Waals surface area contributed by atoms with Crippen LogP contribution in [0.1, 0.15) is 23.2 Å². The summed E-state index contributed by atoms with van der Waals surface area (Å²) in [6, 6.07) is 7.23. The Kier molecular flexibility index (Phi) is 4.24. The van der Waals surface area contributed by atoms with Crippen molar-refractivity contribution in [3.8, 4) is 0 Å². The fraction of sp³-hybridized carbons (Fsp3) is 0.267. The lowest BCUT2D eigenvalue weighted by atomic mass is 10.2. The Morgan fingerprint density at radius 2 is 2.18 bits per heavy atom. The Bertz CT molecular complexity index is 709. The van der Waals surface area contributed by atoms with Gasteiger partial charge in [-0.15, -0.1) is 0 Å². The third-order valence-corrected chi connectivity index (χ3v) is 3.64. The highest BCUT2D eigenvalue weighted by molar-refractivity contribution is 9.10. The first-order valence-electron chi connectivity index (χ1n) is 6.99. The van der Waals surface area contributed by atoms with Gasteiger partial charge in [-0.2, -0.15) is 5.10 Å². The summed E-state index contributed by atoms with van der Waals surface area (Å²) in [6.45, 7) is 0.115. The number of aromatic nitrogens is 2. The fourth-order valence-electron chi connectivity index (χ4n) is 2.01. The number of nitrogens with one attached hydrogen (secondary N) is 2. The van der Waals surface area contributed by atoms with Crippen molar-refractivity contribution in [3.63, 3.8) is 0 Å². The second-order valence-electron chi connectivity index (χ2n) is 5.23. The molecule has 0 aliphatic heterocycles. The number of carbonyl (C=O) groups excluding carboxylic acids is 2. The number of amides is 2. The number of hydrogen-bond acceptors (Lipinski definition) is 3. The molecule has 1 aromatic heterocycles. The highest BCUT2D eigenvalue weighted by Crippen LogP contribution is 2.20. The molecule has 2 aromatic rings. The Labute approximate surface area is 136 Å². The van der Waals surface area contributed by atoms with Crippen LogP contribution >= 0.6 is 15.9 Å². The van der Waals surface area contributed by atoms with Gasteiger partial charge in [0.2, 0.25) is 5.91 Å². The summed E-state index contributed by atoms with van der Waals surface area (Å²) in [5.41, 5.74) is 1.14. The quantitative estimate of drug-likeness (QED) is 0.855. The number of anilines is 1. The smallest absolute Gasteiger partial charge is 0.251 e. The van der Waals surface area contributed by atoms with Crippen LogP contribution in [0.3, 0.4) is 0 Å². The van der Waals surface area contributed by atoms with Gasteiger partial charge in [-0.05, 0) is 47.0 Å². The second-order valence-corrected chi connectivity index (χ2v) is 6.15. The molecule has 114 valence electrons. The maximum Gasteiger partial charge on any atom is 0.251 e. The first-order chi connectivity index (χ1) is 10.6. The topological polar surface area (TPSA) is 76.0 Å². The minimum Gasteiger partial charge on any atom is -0.349 e. The van der Waals surface area contributed by atoms with Crippen molar-refractivity contribution in [3.05, 3.63) is 46.7 Å². The molecule has 2 amide bonds. The van der Waals surface area contributed by atoms with E-state index >= 15 is 0 Å².